The molecule has 0 bridgehead atoms. The van der Waals surface area contributed by atoms with Gasteiger partial charge in [-0.2, -0.15) is 0 Å². The molecule has 0 saturated carbocycles. The Morgan fingerprint density at radius 2 is 1.73 bits per heavy atom. The third-order valence-electron chi connectivity index (χ3n) is 4.68. The van der Waals surface area contributed by atoms with E-state index in [1.54, 1.807) is 6.21 Å². The molecule has 2 aromatic carbocycles. The van der Waals surface area contributed by atoms with Crippen molar-refractivity contribution >= 4 is 12.1 Å². The standard InChI is InChI=1S/C21H25N3O2/c1-26-22-17-19-7-9-20(10-8-19)21(25)24-15-13-23(14-16-24)12-11-18-5-3-2-4-6-18/h2-10,17H,11-16H2,1H3/b22-17+. The van der Waals surface area contributed by atoms with E-state index >= 15 is 0 Å². The first-order valence-electron chi connectivity index (χ1n) is 8.98. The molecule has 26 heavy (non-hydrogen) atoms. The molecular formula is C21H25N3O2. The lowest BCUT2D eigenvalue weighted by atomic mass is 10.1. The van der Waals surface area contributed by atoms with Crippen LogP contribution in [0.1, 0.15) is 21.5 Å². The summed E-state index contributed by atoms with van der Waals surface area (Å²) in [4.78, 5) is 21.7. The topological polar surface area (TPSA) is 45.1 Å². The van der Waals surface area contributed by atoms with Crippen molar-refractivity contribution in [2.24, 2.45) is 5.16 Å². The van der Waals surface area contributed by atoms with Gasteiger partial charge in [-0.15, -0.1) is 0 Å². The van der Waals surface area contributed by atoms with Gasteiger partial charge in [-0.25, -0.2) is 0 Å². The van der Waals surface area contributed by atoms with Gasteiger partial charge in [0.15, 0.2) is 0 Å². The summed E-state index contributed by atoms with van der Waals surface area (Å²) in [6, 6.07) is 18.0. The van der Waals surface area contributed by atoms with E-state index in [9.17, 15) is 4.79 Å². The molecule has 1 fully saturated rings. The summed E-state index contributed by atoms with van der Waals surface area (Å²) >= 11 is 0. The predicted molar refractivity (Wildman–Crippen MR) is 104 cm³/mol. The number of benzene rings is 2. The number of piperazine rings is 1. The van der Waals surface area contributed by atoms with Gasteiger partial charge in [-0.05, 0) is 29.7 Å². The molecule has 0 atom stereocenters. The largest absolute Gasteiger partial charge is 0.399 e. The van der Waals surface area contributed by atoms with Crippen molar-refractivity contribution in [1.29, 1.82) is 0 Å². The van der Waals surface area contributed by atoms with Crippen LogP contribution in [0.2, 0.25) is 0 Å². The van der Waals surface area contributed by atoms with E-state index in [2.05, 4.69) is 39.2 Å². The summed E-state index contributed by atoms with van der Waals surface area (Å²) in [6.45, 7) is 4.45. The highest BCUT2D eigenvalue weighted by Gasteiger charge is 2.21. The molecule has 1 saturated heterocycles. The Morgan fingerprint density at radius 1 is 1.04 bits per heavy atom. The normalized spacial score (nSPS) is 15.3. The maximum Gasteiger partial charge on any atom is 0.253 e. The minimum atomic E-state index is 0.0999. The maximum absolute atomic E-state index is 12.7. The molecule has 0 radical (unpaired) electrons. The van der Waals surface area contributed by atoms with E-state index in [-0.39, 0.29) is 5.91 Å². The average molecular weight is 351 g/mol. The summed E-state index contributed by atoms with van der Waals surface area (Å²) in [5, 5.41) is 3.73. The van der Waals surface area contributed by atoms with Crippen molar-refractivity contribution < 1.29 is 9.63 Å². The van der Waals surface area contributed by atoms with Crippen molar-refractivity contribution in [2.75, 3.05) is 39.8 Å². The lowest BCUT2D eigenvalue weighted by molar-refractivity contribution is 0.0638. The number of rotatable bonds is 6. The van der Waals surface area contributed by atoms with E-state index in [1.165, 1.54) is 12.7 Å². The molecular weight excluding hydrogens is 326 g/mol. The number of hydrogen-bond donors (Lipinski definition) is 0. The van der Waals surface area contributed by atoms with E-state index in [1.807, 2.05) is 35.2 Å². The van der Waals surface area contributed by atoms with E-state index < -0.39 is 0 Å². The molecule has 0 aromatic heterocycles. The first-order chi connectivity index (χ1) is 12.8. The van der Waals surface area contributed by atoms with Crippen molar-refractivity contribution in [3.63, 3.8) is 0 Å². The minimum absolute atomic E-state index is 0.0999. The molecule has 5 heteroatoms. The highest BCUT2D eigenvalue weighted by atomic mass is 16.6. The van der Waals surface area contributed by atoms with E-state index in [0.717, 1.165) is 50.3 Å². The molecule has 1 heterocycles. The molecule has 1 aliphatic rings. The van der Waals surface area contributed by atoms with Gasteiger partial charge in [0.2, 0.25) is 0 Å². The molecule has 0 N–H and O–H groups in total. The van der Waals surface area contributed by atoms with Crippen LogP contribution in [0.15, 0.2) is 59.8 Å². The van der Waals surface area contributed by atoms with E-state index in [4.69, 9.17) is 0 Å². The zero-order valence-electron chi connectivity index (χ0n) is 15.2. The van der Waals surface area contributed by atoms with Crippen molar-refractivity contribution in [3.8, 4) is 0 Å². The third-order valence-corrected chi connectivity index (χ3v) is 4.68. The first-order valence-corrected chi connectivity index (χ1v) is 8.98. The molecule has 2 aromatic rings. The van der Waals surface area contributed by atoms with Crippen molar-refractivity contribution in [1.82, 2.24) is 9.80 Å². The summed E-state index contributed by atoms with van der Waals surface area (Å²) in [7, 11) is 1.51. The predicted octanol–water partition coefficient (Wildman–Crippen LogP) is 2.67. The molecule has 5 nitrogen and oxygen atoms in total. The molecule has 0 spiro atoms. The van der Waals surface area contributed by atoms with Crippen molar-refractivity contribution in [3.05, 3.63) is 71.3 Å². The minimum Gasteiger partial charge on any atom is -0.399 e. The number of nitrogens with zero attached hydrogens (tertiary/aromatic N) is 3. The van der Waals surface area contributed by atoms with Gasteiger partial charge in [0.05, 0.1) is 6.21 Å². The molecule has 3 rings (SSSR count). The van der Waals surface area contributed by atoms with Crippen LogP contribution in [0.4, 0.5) is 0 Å². The van der Waals surface area contributed by atoms with Crippen molar-refractivity contribution in [2.45, 2.75) is 6.42 Å². The Balaban J connectivity index is 1.48. The number of carbonyl (C=O) groups is 1. The molecule has 0 unspecified atom stereocenters. The fourth-order valence-corrected chi connectivity index (χ4v) is 3.11. The fourth-order valence-electron chi connectivity index (χ4n) is 3.11. The zero-order chi connectivity index (χ0) is 18.2. The Morgan fingerprint density at radius 3 is 2.38 bits per heavy atom. The summed E-state index contributed by atoms with van der Waals surface area (Å²) in [6.07, 6.45) is 2.68. The van der Waals surface area contributed by atoms with Gasteiger partial charge in [-0.1, -0.05) is 47.6 Å². The Labute approximate surface area is 154 Å². The van der Waals surface area contributed by atoms with Crippen LogP contribution in [-0.4, -0.2) is 61.8 Å². The fraction of sp³-hybridized carbons (Fsp3) is 0.333. The summed E-state index contributed by atoms with van der Waals surface area (Å²) in [5.74, 6) is 0.0999. The number of oxime groups is 1. The highest BCUT2D eigenvalue weighted by molar-refractivity contribution is 5.95. The number of carbonyl (C=O) groups excluding carboxylic acids is 1. The quantitative estimate of drug-likeness (QED) is 0.594. The van der Waals surface area contributed by atoms with Gasteiger partial charge in [0.25, 0.3) is 5.91 Å². The first kappa shape index (κ1) is 18.1. The van der Waals surface area contributed by atoms with Crippen LogP contribution in [0.5, 0.6) is 0 Å². The smallest absolute Gasteiger partial charge is 0.253 e. The lowest BCUT2D eigenvalue weighted by Crippen LogP contribution is -2.49. The zero-order valence-corrected chi connectivity index (χ0v) is 15.2. The lowest BCUT2D eigenvalue weighted by Gasteiger charge is -2.34. The van der Waals surface area contributed by atoms with Crippen LogP contribution >= 0.6 is 0 Å². The summed E-state index contributed by atoms with van der Waals surface area (Å²) in [5.41, 5.74) is 2.99. The van der Waals surface area contributed by atoms with Crippen LogP contribution in [0, 0.1) is 0 Å². The Hall–Kier alpha value is -2.66. The van der Waals surface area contributed by atoms with Crippen LogP contribution in [0.3, 0.4) is 0 Å². The SMILES string of the molecule is CO/N=C/c1ccc(C(=O)N2CCN(CCc3ccccc3)CC2)cc1. The average Bonchev–Trinajstić information content (AvgIpc) is 2.72. The third kappa shape index (κ3) is 4.92. The summed E-state index contributed by atoms with van der Waals surface area (Å²) < 4.78 is 0. The van der Waals surface area contributed by atoms with Gasteiger partial charge < -0.3 is 9.74 Å². The van der Waals surface area contributed by atoms with Gasteiger partial charge >= 0.3 is 0 Å². The second-order valence-corrected chi connectivity index (χ2v) is 6.41. The second kappa shape index (κ2) is 9.15. The monoisotopic (exact) mass is 351 g/mol. The van der Waals surface area contributed by atoms with Gasteiger partial charge in [0, 0.05) is 38.3 Å². The van der Waals surface area contributed by atoms with Gasteiger partial charge in [-0.3, -0.25) is 9.69 Å². The highest BCUT2D eigenvalue weighted by Crippen LogP contribution is 2.11. The number of amides is 1. The molecule has 136 valence electrons. The Bertz CT molecular complexity index is 721. The van der Waals surface area contributed by atoms with Crippen LogP contribution in [-0.2, 0) is 11.3 Å². The van der Waals surface area contributed by atoms with Gasteiger partial charge in [0.1, 0.15) is 7.11 Å². The Kier molecular flexibility index (Phi) is 6.39. The molecule has 0 aliphatic carbocycles. The number of hydrogen-bond acceptors (Lipinski definition) is 4. The molecule has 1 aliphatic heterocycles. The molecule has 1 amide bonds. The van der Waals surface area contributed by atoms with E-state index in [0.29, 0.717) is 0 Å². The maximum atomic E-state index is 12.7. The van der Waals surface area contributed by atoms with Crippen LogP contribution < -0.4 is 0 Å². The van der Waals surface area contributed by atoms with Crippen LogP contribution in [0.25, 0.3) is 0 Å². The second-order valence-electron chi connectivity index (χ2n) is 6.41.